The van der Waals surface area contributed by atoms with Crippen LogP contribution in [0.25, 0.3) is 0 Å². The Hall–Kier alpha value is -3.48. The molecule has 34 heavy (non-hydrogen) atoms. The van der Waals surface area contributed by atoms with Gasteiger partial charge in [0.25, 0.3) is 0 Å². The number of hydrogen-bond donors (Lipinski definition) is 2. The number of ether oxygens (including phenoxy) is 2. The molecule has 2 aliphatic heterocycles. The molecule has 1 atom stereocenters. The van der Waals surface area contributed by atoms with E-state index in [2.05, 4.69) is 15.6 Å². The highest BCUT2D eigenvalue weighted by atomic mass is 16.5. The van der Waals surface area contributed by atoms with Gasteiger partial charge in [0.15, 0.2) is 6.19 Å². The predicted octanol–water partition coefficient (Wildman–Crippen LogP) is 1.27. The number of nitrogens with zero attached hydrogens (tertiary/aromatic N) is 4. The van der Waals surface area contributed by atoms with E-state index in [-0.39, 0.29) is 24.3 Å². The third-order valence-electron chi connectivity index (χ3n) is 6.19. The van der Waals surface area contributed by atoms with Crippen LogP contribution in [0.4, 0.5) is 0 Å². The lowest BCUT2D eigenvalue weighted by Gasteiger charge is -2.27. The van der Waals surface area contributed by atoms with Gasteiger partial charge in [0.2, 0.25) is 17.8 Å². The maximum absolute atomic E-state index is 13.2. The number of carbonyl (C=O) groups is 2. The molecule has 10 heteroatoms. The minimum atomic E-state index is -0.542. The summed E-state index contributed by atoms with van der Waals surface area (Å²) in [5, 5.41) is 14.8. The number of hydrogen-bond acceptors (Lipinski definition) is 6. The molecule has 3 rings (SSSR count). The zero-order chi connectivity index (χ0) is 24.3. The molecule has 10 nitrogen and oxygen atoms in total. The van der Waals surface area contributed by atoms with E-state index in [0.29, 0.717) is 25.9 Å². The van der Waals surface area contributed by atoms with E-state index in [0.717, 1.165) is 55.8 Å². The first-order valence-electron chi connectivity index (χ1n) is 11.8. The number of nitrogens with one attached hydrogen (secondary N) is 2. The fourth-order valence-electron chi connectivity index (χ4n) is 4.33. The van der Waals surface area contributed by atoms with Crippen molar-refractivity contribution in [1.82, 2.24) is 20.4 Å². The summed E-state index contributed by atoms with van der Waals surface area (Å²) in [4.78, 5) is 33.7. The van der Waals surface area contributed by atoms with Crippen LogP contribution in [-0.2, 0) is 16.0 Å². The molecule has 2 amide bonds. The third-order valence-corrected chi connectivity index (χ3v) is 6.19. The predicted molar refractivity (Wildman–Crippen MR) is 127 cm³/mol. The van der Waals surface area contributed by atoms with Gasteiger partial charge < -0.3 is 24.6 Å². The van der Waals surface area contributed by atoms with E-state index in [9.17, 15) is 14.9 Å². The van der Waals surface area contributed by atoms with Crippen molar-refractivity contribution in [3.63, 3.8) is 0 Å². The van der Waals surface area contributed by atoms with Gasteiger partial charge in [0.1, 0.15) is 17.5 Å². The lowest BCUT2D eigenvalue weighted by molar-refractivity contribution is -0.140. The number of rotatable bonds is 8. The van der Waals surface area contributed by atoms with Crippen molar-refractivity contribution in [3.05, 3.63) is 23.8 Å². The average Bonchev–Trinajstić information content (AvgIpc) is 3.34. The third kappa shape index (κ3) is 6.76. The summed E-state index contributed by atoms with van der Waals surface area (Å²) in [5.41, 5.74) is 0.930. The lowest BCUT2D eigenvalue weighted by atomic mass is 10.1. The molecule has 2 heterocycles. The number of methoxy groups -OCH3 is 2. The van der Waals surface area contributed by atoms with Crippen LogP contribution >= 0.6 is 0 Å². The molecule has 0 bridgehead atoms. The second-order valence-corrected chi connectivity index (χ2v) is 8.44. The lowest BCUT2D eigenvalue weighted by Crippen LogP contribution is -2.52. The first-order valence-corrected chi connectivity index (χ1v) is 11.8. The molecule has 2 fully saturated rings. The molecule has 2 saturated heterocycles. The highest BCUT2D eigenvalue weighted by Gasteiger charge is 2.30. The molecule has 2 N–H and O–H groups in total. The summed E-state index contributed by atoms with van der Waals surface area (Å²) in [7, 11) is 3.21. The Labute approximate surface area is 200 Å². The number of benzene rings is 1. The maximum atomic E-state index is 13.2. The zero-order valence-electron chi connectivity index (χ0n) is 20.0. The van der Waals surface area contributed by atoms with E-state index in [4.69, 9.17) is 9.47 Å². The second-order valence-electron chi connectivity index (χ2n) is 8.44. The highest BCUT2D eigenvalue weighted by molar-refractivity contribution is 5.92. The highest BCUT2D eigenvalue weighted by Crippen LogP contribution is 2.24. The summed E-state index contributed by atoms with van der Waals surface area (Å²) < 4.78 is 10.7. The number of likely N-dealkylation sites (tertiary alicyclic amines) is 2. The molecule has 184 valence electrons. The van der Waals surface area contributed by atoms with Gasteiger partial charge in [-0.05, 0) is 62.3 Å². The van der Waals surface area contributed by atoms with E-state index in [1.165, 1.54) is 0 Å². The van der Waals surface area contributed by atoms with E-state index < -0.39 is 6.04 Å². The molecule has 0 unspecified atom stereocenters. The van der Waals surface area contributed by atoms with Gasteiger partial charge in [-0.1, -0.05) is 0 Å². The average molecular weight is 471 g/mol. The number of aliphatic imine (C=N–C) groups is 1. The van der Waals surface area contributed by atoms with E-state index >= 15 is 0 Å². The smallest absolute Gasteiger partial charge is 0.245 e. The Balaban J connectivity index is 1.63. The SMILES string of the molecule is COc1ccc(OC)c(CCN=C(NC#N)N[C@H]2CCCCN(CC(=O)N3CCCC3)C2=O)c1. The second kappa shape index (κ2) is 12.7. The molecule has 0 aromatic heterocycles. The van der Waals surface area contributed by atoms with Crippen molar-refractivity contribution in [3.8, 4) is 17.7 Å². The Morgan fingerprint density at radius 2 is 1.94 bits per heavy atom. The standard InChI is InChI=1S/C24H34N6O4/c1-33-19-8-9-21(34-2)18(15-19)10-11-26-24(27-17-25)28-20-7-3-4-14-30(23(20)32)16-22(31)29-12-5-6-13-29/h8-9,15,20H,3-7,10-14,16H2,1-2H3,(H2,26,27,28)/t20-/m0/s1. The Morgan fingerprint density at radius 1 is 1.18 bits per heavy atom. The van der Waals surface area contributed by atoms with Gasteiger partial charge in [-0.15, -0.1) is 0 Å². The van der Waals surface area contributed by atoms with Gasteiger partial charge in [-0.3, -0.25) is 19.9 Å². The Kier molecular flexibility index (Phi) is 9.38. The summed E-state index contributed by atoms with van der Waals surface area (Å²) in [6.45, 7) is 2.57. The van der Waals surface area contributed by atoms with Crippen LogP contribution in [0.15, 0.2) is 23.2 Å². The normalized spacial score (nSPS) is 18.8. The van der Waals surface area contributed by atoms with E-state index in [1.807, 2.05) is 29.3 Å². The van der Waals surface area contributed by atoms with Crippen molar-refractivity contribution in [2.45, 2.75) is 44.6 Å². The van der Waals surface area contributed by atoms with Crippen molar-refractivity contribution in [1.29, 1.82) is 5.26 Å². The molecule has 0 radical (unpaired) electrons. The zero-order valence-corrected chi connectivity index (χ0v) is 20.0. The number of guanidine groups is 1. The van der Waals surface area contributed by atoms with Gasteiger partial charge in [-0.2, -0.15) is 5.26 Å². The van der Waals surface area contributed by atoms with Crippen molar-refractivity contribution >= 4 is 17.8 Å². The number of nitriles is 1. The topological polar surface area (TPSA) is 119 Å². The van der Waals surface area contributed by atoms with Gasteiger partial charge in [-0.25, -0.2) is 0 Å². The Morgan fingerprint density at radius 3 is 2.65 bits per heavy atom. The maximum Gasteiger partial charge on any atom is 0.245 e. The molecular weight excluding hydrogens is 436 g/mol. The summed E-state index contributed by atoms with van der Waals surface area (Å²) in [6.07, 6.45) is 6.78. The van der Waals surface area contributed by atoms with E-state index in [1.54, 1.807) is 19.1 Å². The number of amides is 2. The summed E-state index contributed by atoms with van der Waals surface area (Å²) in [5.74, 6) is 1.57. The van der Waals surface area contributed by atoms with Crippen LogP contribution in [0.2, 0.25) is 0 Å². The first-order chi connectivity index (χ1) is 16.5. The van der Waals surface area contributed by atoms with Crippen LogP contribution in [0.1, 0.15) is 37.7 Å². The number of carbonyl (C=O) groups excluding carboxylic acids is 2. The van der Waals surface area contributed by atoms with Gasteiger partial charge in [0.05, 0.1) is 20.8 Å². The molecule has 0 saturated carbocycles. The minimum absolute atomic E-state index is 0.00257. The summed E-state index contributed by atoms with van der Waals surface area (Å²) in [6, 6.07) is 5.02. The molecule has 2 aliphatic rings. The van der Waals surface area contributed by atoms with Crippen molar-refractivity contribution in [2.75, 3.05) is 46.9 Å². The first kappa shape index (κ1) is 25.1. The molecule has 0 spiro atoms. The molecular formula is C24H34N6O4. The summed E-state index contributed by atoms with van der Waals surface area (Å²) >= 11 is 0. The van der Waals surface area contributed by atoms with Crippen LogP contribution < -0.4 is 20.1 Å². The van der Waals surface area contributed by atoms with Gasteiger partial charge >= 0.3 is 0 Å². The Bertz CT molecular complexity index is 923. The molecule has 0 aliphatic carbocycles. The molecule has 1 aromatic rings. The molecule has 1 aromatic carbocycles. The van der Waals surface area contributed by atoms with Gasteiger partial charge in [0, 0.05) is 26.2 Å². The fraction of sp³-hybridized carbons (Fsp3) is 0.583. The van der Waals surface area contributed by atoms with Crippen LogP contribution in [0.5, 0.6) is 11.5 Å². The largest absolute Gasteiger partial charge is 0.497 e. The van der Waals surface area contributed by atoms with Crippen molar-refractivity contribution in [2.24, 2.45) is 4.99 Å². The van der Waals surface area contributed by atoms with Crippen LogP contribution in [-0.4, -0.2) is 80.6 Å². The van der Waals surface area contributed by atoms with Crippen molar-refractivity contribution < 1.29 is 19.1 Å². The fourth-order valence-corrected chi connectivity index (χ4v) is 4.33. The minimum Gasteiger partial charge on any atom is -0.497 e. The monoisotopic (exact) mass is 470 g/mol. The van der Waals surface area contributed by atoms with Crippen LogP contribution in [0, 0.1) is 11.5 Å². The van der Waals surface area contributed by atoms with Crippen LogP contribution in [0.3, 0.4) is 0 Å². The quantitative estimate of drug-likeness (QED) is 0.254.